The van der Waals surface area contributed by atoms with Gasteiger partial charge in [-0.25, -0.2) is 19.2 Å². The second-order valence-electron chi connectivity index (χ2n) is 9.60. The van der Waals surface area contributed by atoms with Crippen LogP contribution in [-0.2, 0) is 38.6 Å². The molecule has 246 valence electrons. The fourth-order valence-corrected chi connectivity index (χ4v) is 3.81. The lowest BCUT2D eigenvalue weighted by atomic mass is 10.1. The summed E-state index contributed by atoms with van der Waals surface area (Å²) < 4.78 is 18.3. The number of ether oxygens (including phenoxy) is 4. The third kappa shape index (κ3) is 12.7. The topological polar surface area (TPSA) is 160 Å². The van der Waals surface area contributed by atoms with Crippen LogP contribution in [-0.4, -0.2) is 58.6 Å². The van der Waals surface area contributed by atoms with E-state index in [9.17, 15) is 24.0 Å². The van der Waals surface area contributed by atoms with Crippen molar-refractivity contribution in [3.05, 3.63) is 142 Å². The van der Waals surface area contributed by atoms with Crippen molar-refractivity contribution >= 4 is 30.2 Å². The fourth-order valence-electron chi connectivity index (χ4n) is 3.81. The Morgan fingerprint density at radius 1 is 0.511 bits per heavy atom. The lowest BCUT2D eigenvalue weighted by Gasteiger charge is -2.07. The first kappa shape index (κ1) is 37.5. The van der Waals surface area contributed by atoms with Crippen molar-refractivity contribution in [3.8, 4) is 0 Å². The maximum absolute atomic E-state index is 11.4. The summed E-state index contributed by atoms with van der Waals surface area (Å²) in [4.78, 5) is 54.8. The summed E-state index contributed by atoms with van der Waals surface area (Å²) in [5.41, 5.74) is 11.2. The summed E-state index contributed by atoms with van der Waals surface area (Å²) in [5.74, 6) is -1.39. The minimum absolute atomic E-state index is 0.321. The molecule has 11 nitrogen and oxygen atoms in total. The summed E-state index contributed by atoms with van der Waals surface area (Å²) in [5, 5.41) is 3.31. The highest BCUT2D eigenvalue weighted by Gasteiger charge is 2.06. The molecule has 3 N–H and O–H groups in total. The zero-order chi connectivity index (χ0) is 34.6. The smallest absolute Gasteiger partial charge is 0.337 e. The Hall–Kier alpha value is -5.65. The molecule has 0 heterocycles. The monoisotopic (exact) mass is 642 g/mol. The van der Waals surface area contributed by atoms with Crippen LogP contribution >= 0.6 is 0 Å². The molecule has 0 saturated carbocycles. The van der Waals surface area contributed by atoms with Gasteiger partial charge in [0.15, 0.2) is 0 Å². The number of methoxy groups -OCH3 is 4. The molecule has 0 aliphatic carbocycles. The summed E-state index contributed by atoms with van der Waals surface area (Å²) >= 11 is 0. The van der Waals surface area contributed by atoms with Crippen LogP contribution in [0.15, 0.2) is 97.1 Å². The van der Waals surface area contributed by atoms with Gasteiger partial charge in [0, 0.05) is 25.2 Å². The Labute approximate surface area is 273 Å². The summed E-state index contributed by atoms with van der Waals surface area (Å²) in [6.45, 7) is 1.85. The van der Waals surface area contributed by atoms with Crippen LogP contribution in [0.2, 0.25) is 0 Å². The quantitative estimate of drug-likeness (QED) is 0.139. The van der Waals surface area contributed by atoms with Crippen molar-refractivity contribution in [1.82, 2.24) is 5.32 Å². The van der Waals surface area contributed by atoms with Gasteiger partial charge in [0.05, 0.1) is 50.7 Å². The number of carbonyl (C=O) groups excluding carboxylic acids is 5. The Balaban J connectivity index is 0.000000270. The van der Waals surface area contributed by atoms with Gasteiger partial charge in [-0.3, -0.25) is 4.79 Å². The number of hydrogen-bond acceptors (Lipinski definition) is 11. The molecule has 0 spiro atoms. The van der Waals surface area contributed by atoms with E-state index in [1.807, 2.05) is 36.4 Å². The second-order valence-corrected chi connectivity index (χ2v) is 9.60. The van der Waals surface area contributed by atoms with E-state index in [0.29, 0.717) is 47.5 Å². The number of esters is 4. The van der Waals surface area contributed by atoms with Gasteiger partial charge < -0.3 is 30.0 Å². The second kappa shape index (κ2) is 20.4. The molecular weight excluding hydrogens is 604 g/mol. The average molecular weight is 643 g/mol. The molecule has 0 aliphatic heterocycles. The highest BCUT2D eigenvalue weighted by atomic mass is 16.5. The van der Waals surface area contributed by atoms with E-state index >= 15 is 0 Å². The van der Waals surface area contributed by atoms with Crippen molar-refractivity contribution < 1.29 is 42.9 Å². The van der Waals surface area contributed by atoms with E-state index in [4.69, 9.17) is 5.73 Å². The SMILES string of the molecule is COC(=O)c1ccc(C=O)cc1.COC(=O)c1ccc(CN)cc1.COC(=O)c1ccc(CNCc2ccc(C(=O)OC)cc2)cc1. The number of hydrogen-bond donors (Lipinski definition) is 2. The van der Waals surface area contributed by atoms with Crippen molar-refractivity contribution in [2.75, 3.05) is 28.4 Å². The maximum atomic E-state index is 11.4. The Morgan fingerprint density at radius 3 is 1.04 bits per heavy atom. The molecule has 0 amide bonds. The number of nitrogens with two attached hydrogens (primary N) is 1. The molecule has 0 unspecified atom stereocenters. The minimum atomic E-state index is -0.396. The van der Waals surface area contributed by atoms with Crippen LogP contribution in [0, 0.1) is 0 Å². The molecule has 11 heteroatoms. The molecule has 0 saturated heterocycles. The van der Waals surface area contributed by atoms with Crippen LogP contribution in [0.5, 0.6) is 0 Å². The maximum Gasteiger partial charge on any atom is 0.337 e. The van der Waals surface area contributed by atoms with Crippen molar-refractivity contribution in [1.29, 1.82) is 0 Å². The van der Waals surface area contributed by atoms with E-state index in [1.54, 1.807) is 60.7 Å². The van der Waals surface area contributed by atoms with Crippen LogP contribution in [0.1, 0.15) is 68.5 Å². The van der Waals surface area contributed by atoms with Crippen molar-refractivity contribution in [3.63, 3.8) is 0 Å². The summed E-state index contributed by atoms with van der Waals surface area (Å²) in [7, 11) is 5.40. The molecule has 47 heavy (non-hydrogen) atoms. The van der Waals surface area contributed by atoms with E-state index < -0.39 is 5.97 Å². The molecule has 0 bridgehead atoms. The highest BCUT2D eigenvalue weighted by Crippen LogP contribution is 2.09. The molecule has 0 aliphatic rings. The van der Waals surface area contributed by atoms with Gasteiger partial charge >= 0.3 is 23.9 Å². The summed E-state index contributed by atoms with van der Waals surface area (Å²) in [6, 6.07) is 27.8. The average Bonchev–Trinajstić information content (AvgIpc) is 3.14. The third-order valence-corrected chi connectivity index (χ3v) is 6.49. The molecule has 0 radical (unpaired) electrons. The van der Waals surface area contributed by atoms with Crippen LogP contribution in [0.4, 0.5) is 0 Å². The predicted molar refractivity (Wildman–Crippen MR) is 175 cm³/mol. The highest BCUT2D eigenvalue weighted by molar-refractivity contribution is 5.91. The van der Waals surface area contributed by atoms with Crippen molar-refractivity contribution in [2.45, 2.75) is 19.6 Å². The Kier molecular flexibility index (Phi) is 16.3. The van der Waals surface area contributed by atoms with E-state index in [1.165, 1.54) is 28.4 Å². The lowest BCUT2D eigenvalue weighted by molar-refractivity contribution is 0.0592. The van der Waals surface area contributed by atoms with Gasteiger partial charge in [0.2, 0.25) is 0 Å². The van der Waals surface area contributed by atoms with E-state index in [-0.39, 0.29) is 17.9 Å². The Bertz CT molecular complexity index is 1520. The molecular formula is C36H38N2O9. The number of aldehydes is 1. The van der Waals surface area contributed by atoms with Gasteiger partial charge in [-0.05, 0) is 65.2 Å². The first-order valence-electron chi connectivity index (χ1n) is 14.3. The standard InChI is InChI=1S/C18H19NO4.C9H11NO2.C9H8O3/c1-22-17(20)15-7-3-13(4-8-15)11-19-12-14-5-9-16(10-6-14)18(21)23-2;2*1-12-9(11)8-4-2-7(6-10)3-5-8/h3-10,19H,11-12H2,1-2H3;2-5H,6,10H2,1H3;2-6H,1H3. The van der Waals surface area contributed by atoms with Gasteiger partial charge in [0.1, 0.15) is 6.29 Å². The van der Waals surface area contributed by atoms with Gasteiger partial charge in [0.25, 0.3) is 0 Å². The van der Waals surface area contributed by atoms with Crippen molar-refractivity contribution in [2.24, 2.45) is 5.73 Å². The predicted octanol–water partition coefficient (Wildman–Crippen LogP) is 4.77. The molecule has 0 fully saturated rings. The summed E-state index contributed by atoms with van der Waals surface area (Å²) in [6.07, 6.45) is 0.723. The zero-order valence-corrected chi connectivity index (χ0v) is 26.7. The first-order chi connectivity index (χ1) is 22.7. The third-order valence-electron chi connectivity index (χ3n) is 6.49. The first-order valence-corrected chi connectivity index (χ1v) is 14.3. The number of benzene rings is 4. The number of carbonyl (C=O) groups is 5. The fraction of sp³-hybridized carbons (Fsp3) is 0.194. The van der Waals surface area contributed by atoms with E-state index in [0.717, 1.165) is 23.0 Å². The van der Waals surface area contributed by atoms with Crippen LogP contribution in [0.25, 0.3) is 0 Å². The van der Waals surface area contributed by atoms with Crippen LogP contribution in [0.3, 0.4) is 0 Å². The minimum Gasteiger partial charge on any atom is -0.465 e. The molecule has 4 rings (SSSR count). The lowest BCUT2D eigenvalue weighted by Crippen LogP contribution is -2.13. The van der Waals surface area contributed by atoms with Gasteiger partial charge in [-0.1, -0.05) is 48.5 Å². The molecule has 4 aromatic carbocycles. The molecule has 4 aromatic rings. The van der Waals surface area contributed by atoms with Gasteiger partial charge in [-0.15, -0.1) is 0 Å². The van der Waals surface area contributed by atoms with E-state index in [2.05, 4.69) is 24.3 Å². The number of nitrogens with one attached hydrogen (secondary N) is 1. The Morgan fingerprint density at radius 2 is 0.787 bits per heavy atom. The van der Waals surface area contributed by atoms with Crippen LogP contribution < -0.4 is 11.1 Å². The largest absolute Gasteiger partial charge is 0.465 e. The number of rotatable bonds is 10. The van der Waals surface area contributed by atoms with Gasteiger partial charge in [-0.2, -0.15) is 0 Å². The zero-order valence-electron chi connectivity index (χ0n) is 26.7. The molecule has 0 aromatic heterocycles. The normalized spacial score (nSPS) is 9.72. The molecule has 0 atom stereocenters.